The van der Waals surface area contributed by atoms with Crippen LogP contribution in [0.2, 0.25) is 12.1 Å². The van der Waals surface area contributed by atoms with Crippen molar-refractivity contribution in [1.82, 2.24) is 0 Å². The average Bonchev–Trinajstić information content (AvgIpc) is 2.41. The highest BCUT2D eigenvalue weighted by Gasteiger charge is 2.33. The lowest BCUT2D eigenvalue weighted by molar-refractivity contribution is 0.164. The molecule has 0 saturated heterocycles. The van der Waals surface area contributed by atoms with E-state index in [-0.39, 0.29) is 0 Å². The zero-order chi connectivity index (χ0) is 13.7. The summed E-state index contributed by atoms with van der Waals surface area (Å²) in [4.78, 5) is 0. The van der Waals surface area contributed by atoms with Gasteiger partial charge in [0.05, 0.1) is 0 Å². The van der Waals surface area contributed by atoms with Crippen LogP contribution in [0, 0.1) is 0 Å². The van der Waals surface area contributed by atoms with Gasteiger partial charge in [0.2, 0.25) is 0 Å². The zero-order valence-corrected chi connectivity index (χ0v) is 14.1. The predicted molar refractivity (Wildman–Crippen MR) is 82.3 cm³/mol. The van der Waals surface area contributed by atoms with Crippen LogP contribution in [-0.4, -0.2) is 21.8 Å². The molecule has 2 nitrogen and oxygen atoms in total. The maximum Gasteiger partial charge on any atom is 0.337 e. The molecule has 0 aliphatic rings. The Labute approximate surface area is 116 Å². The summed E-state index contributed by atoms with van der Waals surface area (Å²) >= 11 is 0. The molecule has 3 heteroatoms. The Morgan fingerprint density at radius 1 is 0.611 bits per heavy atom. The number of rotatable bonds is 13. The monoisotopic (exact) mass is 274 g/mol. The first-order chi connectivity index (χ1) is 8.74. The largest absolute Gasteiger partial charge is 0.394 e. The molecule has 0 bridgehead atoms. The highest BCUT2D eigenvalue weighted by Crippen LogP contribution is 2.20. The van der Waals surface area contributed by atoms with Gasteiger partial charge in [-0.15, -0.1) is 0 Å². The lowest BCUT2D eigenvalue weighted by Crippen LogP contribution is -2.41. The average molecular weight is 275 g/mol. The fourth-order valence-electron chi connectivity index (χ4n) is 2.07. The molecule has 18 heavy (non-hydrogen) atoms. The molecule has 0 aromatic rings. The van der Waals surface area contributed by atoms with Crippen molar-refractivity contribution in [3.63, 3.8) is 0 Å². The van der Waals surface area contributed by atoms with Gasteiger partial charge in [-0.05, 0) is 24.9 Å². The summed E-state index contributed by atoms with van der Waals surface area (Å²) in [6, 6.07) is 2.17. The van der Waals surface area contributed by atoms with Crippen LogP contribution in [0.1, 0.15) is 72.6 Å². The van der Waals surface area contributed by atoms with Crippen molar-refractivity contribution in [2.24, 2.45) is 0 Å². The van der Waals surface area contributed by atoms with E-state index in [1.807, 2.05) is 0 Å². The summed E-state index contributed by atoms with van der Waals surface area (Å²) in [6.07, 6.45) is 8.89. The fourth-order valence-corrected chi connectivity index (χ4v) is 4.50. The van der Waals surface area contributed by atoms with Crippen molar-refractivity contribution in [1.29, 1.82) is 0 Å². The lowest BCUT2D eigenvalue weighted by atomic mass is 10.2. The van der Waals surface area contributed by atoms with Crippen LogP contribution in [0.5, 0.6) is 0 Å². The van der Waals surface area contributed by atoms with Gasteiger partial charge in [-0.3, -0.25) is 0 Å². The molecular weight excluding hydrogens is 240 g/mol. The van der Waals surface area contributed by atoms with E-state index in [9.17, 15) is 0 Å². The van der Waals surface area contributed by atoms with E-state index < -0.39 is 8.56 Å². The molecule has 0 spiro atoms. The van der Waals surface area contributed by atoms with E-state index in [2.05, 4.69) is 27.7 Å². The molecule has 0 aromatic heterocycles. The van der Waals surface area contributed by atoms with Crippen LogP contribution in [0.25, 0.3) is 0 Å². The van der Waals surface area contributed by atoms with Crippen LogP contribution in [-0.2, 0) is 8.85 Å². The fraction of sp³-hybridized carbons (Fsp3) is 1.00. The van der Waals surface area contributed by atoms with Crippen LogP contribution in [0.4, 0.5) is 0 Å². The van der Waals surface area contributed by atoms with Crippen LogP contribution in [0.15, 0.2) is 0 Å². The van der Waals surface area contributed by atoms with Crippen molar-refractivity contribution in [2.45, 2.75) is 84.7 Å². The normalized spacial score (nSPS) is 12.0. The molecular formula is C15H34O2Si. The highest BCUT2D eigenvalue weighted by molar-refractivity contribution is 6.67. The van der Waals surface area contributed by atoms with Crippen molar-refractivity contribution in [2.75, 3.05) is 13.2 Å². The molecule has 0 fully saturated rings. The van der Waals surface area contributed by atoms with Crippen LogP contribution < -0.4 is 0 Å². The quantitative estimate of drug-likeness (QED) is 0.336. The van der Waals surface area contributed by atoms with Crippen LogP contribution in [0.3, 0.4) is 0 Å². The Balaban J connectivity index is 3.79. The minimum absolute atomic E-state index is 0.889. The smallest absolute Gasteiger partial charge is 0.337 e. The maximum absolute atomic E-state index is 6.17. The van der Waals surface area contributed by atoms with Gasteiger partial charge in [0, 0.05) is 13.2 Å². The summed E-state index contributed by atoms with van der Waals surface area (Å²) in [7, 11) is -1.85. The van der Waals surface area contributed by atoms with Gasteiger partial charge < -0.3 is 8.85 Å². The molecule has 0 heterocycles. The topological polar surface area (TPSA) is 18.5 Å². The van der Waals surface area contributed by atoms with E-state index in [1.54, 1.807) is 0 Å². The summed E-state index contributed by atoms with van der Waals surface area (Å²) < 4.78 is 12.3. The molecule has 0 radical (unpaired) electrons. The third-order valence-electron chi connectivity index (χ3n) is 3.55. The van der Waals surface area contributed by atoms with Gasteiger partial charge in [0.15, 0.2) is 0 Å². The van der Waals surface area contributed by atoms with Gasteiger partial charge in [-0.1, -0.05) is 59.8 Å². The van der Waals surface area contributed by atoms with Gasteiger partial charge in [-0.2, -0.15) is 0 Å². The minimum atomic E-state index is -1.85. The molecule has 0 unspecified atom stereocenters. The summed E-state index contributed by atoms with van der Waals surface area (Å²) in [5, 5.41) is 0. The van der Waals surface area contributed by atoms with Crippen molar-refractivity contribution in [3.8, 4) is 0 Å². The number of hydrogen-bond donors (Lipinski definition) is 0. The lowest BCUT2D eigenvalue weighted by Gasteiger charge is -2.28. The van der Waals surface area contributed by atoms with E-state index in [0.717, 1.165) is 31.7 Å². The molecule has 0 aliphatic carbocycles. The van der Waals surface area contributed by atoms with E-state index in [4.69, 9.17) is 8.85 Å². The summed E-state index contributed by atoms with van der Waals surface area (Å²) in [6.45, 7) is 10.7. The SMILES string of the molecule is CCCCCCCO[Si](CC)(CC)OCCCC. The standard InChI is InChI=1S/C15H34O2Si/c1-5-9-11-12-13-15-17-18(7-3,8-4)16-14-10-6-2/h5-15H2,1-4H3. The molecule has 0 atom stereocenters. The first kappa shape index (κ1) is 18.1. The Hall–Kier alpha value is 0.137. The Morgan fingerprint density at radius 2 is 1.11 bits per heavy atom. The third-order valence-corrected chi connectivity index (χ3v) is 7.17. The van der Waals surface area contributed by atoms with Crippen LogP contribution >= 0.6 is 0 Å². The third kappa shape index (κ3) is 8.28. The van der Waals surface area contributed by atoms with E-state index >= 15 is 0 Å². The highest BCUT2D eigenvalue weighted by atomic mass is 28.4. The number of unbranched alkanes of at least 4 members (excludes halogenated alkanes) is 5. The Kier molecular flexibility index (Phi) is 12.3. The summed E-state index contributed by atoms with van der Waals surface area (Å²) in [5.74, 6) is 0. The van der Waals surface area contributed by atoms with Crippen molar-refractivity contribution in [3.05, 3.63) is 0 Å². The first-order valence-electron chi connectivity index (χ1n) is 8.02. The summed E-state index contributed by atoms with van der Waals surface area (Å²) in [5.41, 5.74) is 0. The molecule has 0 N–H and O–H groups in total. The molecule has 0 rings (SSSR count). The van der Waals surface area contributed by atoms with Crippen molar-refractivity contribution >= 4 is 8.56 Å². The van der Waals surface area contributed by atoms with Gasteiger partial charge in [-0.25, -0.2) is 0 Å². The Morgan fingerprint density at radius 3 is 1.61 bits per heavy atom. The predicted octanol–water partition coefficient (Wildman–Crippen LogP) is 5.27. The Bertz CT molecular complexity index is 170. The first-order valence-corrected chi connectivity index (χ1v) is 10.3. The minimum Gasteiger partial charge on any atom is -0.394 e. The molecule has 0 amide bonds. The van der Waals surface area contributed by atoms with E-state index in [0.29, 0.717) is 0 Å². The second-order valence-electron chi connectivity index (χ2n) is 5.08. The zero-order valence-electron chi connectivity index (χ0n) is 13.1. The van der Waals surface area contributed by atoms with E-state index in [1.165, 1.54) is 38.5 Å². The van der Waals surface area contributed by atoms with Gasteiger partial charge in [0.1, 0.15) is 0 Å². The molecule has 0 saturated carbocycles. The second-order valence-corrected chi connectivity index (χ2v) is 8.90. The number of hydrogen-bond acceptors (Lipinski definition) is 2. The molecule has 0 aromatic carbocycles. The molecule has 110 valence electrons. The van der Waals surface area contributed by atoms with Gasteiger partial charge in [0.25, 0.3) is 0 Å². The van der Waals surface area contributed by atoms with Gasteiger partial charge >= 0.3 is 8.56 Å². The van der Waals surface area contributed by atoms with Crippen molar-refractivity contribution < 1.29 is 8.85 Å². The maximum atomic E-state index is 6.17. The molecule has 0 aliphatic heterocycles. The second kappa shape index (κ2) is 12.2.